The number of H-pyrrole nitrogens is 1. The molecule has 0 bridgehead atoms. The van der Waals surface area contributed by atoms with Crippen molar-refractivity contribution >= 4 is 35.4 Å². The third kappa shape index (κ3) is 4.86. The highest BCUT2D eigenvalue weighted by atomic mass is 35.5. The molecule has 0 saturated heterocycles. The van der Waals surface area contributed by atoms with Gasteiger partial charge >= 0.3 is 0 Å². The number of hydrogen-bond donors (Lipinski definition) is 2. The first-order chi connectivity index (χ1) is 12.6. The van der Waals surface area contributed by atoms with E-state index in [2.05, 4.69) is 15.3 Å². The number of aldehydes is 1. The first-order valence-electron chi connectivity index (χ1n) is 8.96. The number of nitrogens with zero attached hydrogens (tertiary/aromatic N) is 1. The molecule has 0 saturated carbocycles. The Morgan fingerprint density at radius 2 is 2.00 bits per heavy atom. The predicted molar refractivity (Wildman–Crippen MR) is 111 cm³/mol. The first kappa shape index (κ1) is 20.9. The first-order valence-corrected chi connectivity index (χ1v) is 8.96. The van der Waals surface area contributed by atoms with Crippen molar-refractivity contribution in [1.29, 1.82) is 0 Å². The minimum absolute atomic E-state index is 0. The molecule has 2 unspecified atom stereocenters. The number of rotatable bonds is 8. The third-order valence-corrected chi connectivity index (χ3v) is 4.87. The van der Waals surface area contributed by atoms with Crippen LogP contribution in [-0.2, 0) is 12.8 Å². The monoisotopic (exact) mass is 389 g/mol. The Labute approximate surface area is 165 Å². The van der Waals surface area contributed by atoms with Gasteiger partial charge in [0.25, 0.3) is 0 Å². The van der Waals surface area contributed by atoms with Crippen LogP contribution in [0.1, 0.15) is 35.3 Å². The highest BCUT2D eigenvalue weighted by Gasteiger charge is 2.15. The molecule has 0 aliphatic heterocycles. The third-order valence-electron chi connectivity index (χ3n) is 4.87. The van der Waals surface area contributed by atoms with Crippen LogP contribution in [0, 0.1) is 5.92 Å². The Morgan fingerprint density at radius 1 is 1.22 bits per heavy atom. The van der Waals surface area contributed by atoms with Crippen LogP contribution in [0.25, 0.3) is 10.9 Å². The molecule has 144 valence electrons. The van der Waals surface area contributed by atoms with Crippen molar-refractivity contribution in [2.75, 3.05) is 11.9 Å². The second-order valence-corrected chi connectivity index (χ2v) is 6.75. The summed E-state index contributed by atoms with van der Waals surface area (Å²) >= 11 is 0. The van der Waals surface area contributed by atoms with Crippen LogP contribution in [0.2, 0.25) is 0 Å². The second kappa shape index (κ2) is 9.51. The van der Waals surface area contributed by atoms with Crippen LogP contribution < -0.4 is 5.32 Å². The summed E-state index contributed by atoms with van der Waals surface area (Å²) in [6.45, 7) is 4.18. The quantitative estimate of drug-likeness (QED) is 0.533. The van der Waals surface area contributed by atoms with Crippen LogP contribution >= 0.6 is 12.4 Å². The molecule has 6 heteroatoms. The second-order valence-electron chi connectivity index (χ2n) is 6.75. The van der Waals surface area contributed by atoms with E-state index in [4.69, 9.17) is 0 Å². The number of anilines is 1. The average molecular weight is 390 g/mol. The SMILES string of the molecule is CC(F)C(C)Cc1cnc(NCCc2ccccc2C=O)c2[nH]ccc12.Cl. The van der Waals surface area contributed by atoms with E-state index in [0.717, 1.165) is 46.1 Å². The summed E-state index contributed by atoms with van der Waals surface area (Å²) < 4.78 is 13.5. The van der Waals surface area contributed by atoms with Crippen molar-refractivity contribution in [3.8, 4) is 0 Å². The molecule has 0 amide bonds. The highest BCUT2D eigenvalue weighted by molar-refractivity contribution is 5.91. The Balaban J connectivity index is 0.00000261. The number of aromatic amines is 1. The van der Waals surface area contributed by atoms with Crippen molar-refractivity contribution in [1.82, 2.24) is 9.97 Å². The van der Waals surface area contributed by atoms with Gasteiger partial charge in [-0.15, -0.1) is 12.4 Å². The number of alkyl halides is 1. The van der Waals surface area contributed by atoms with Crippen molar-refractivity contribution in [3.05, 3.63) is 59.4 Å². The Kier molecular flexibility index (Phi) is 7.36. The van der Waals surface area contributed by atoms with E-state index >= 15 is 0 Å². The topological polar surface area (TPSA) is 57.8 Å². The summed E-state index contributed by atoms with van der Waals surface area (Å²) in [4.78, 5) is 18.9. The summed E-state index contributed by atoms with van der Waals surface area (Å²) in [5, 5.41) is 4.42. The Bertz CT molecular complexity index is 894. The fraction of sp³-hybridized carbons (Fsp3) is 0.333. The van der Waals surface area contributed by atoms with Gasteiger partial charge in [0.05, 0.1) is 5.52 Å². The molecular weight excluding hydrogens is 365 g/mol. The molecule has 27 heavy (non-hydrogen) atoms. The number of carbonyl (C=O) groups is 1. The Morgan fingerprint density at radius 3 is 2.74 bits per heavy atom. The van der Waals surface area contributed by atoms with Gasteiger partial charge in [-0.1, -0.05) is 31.2 Å². The van der Waals surface area contributed by atoms with E-state index < -0.39 is 6.17 Å². The van der Waals surface area contributed by atoms with Crippen molar-refractivity contribution in [3.63, 3.8) is 0 Å². The molecule has 4 nitrogen and oxygen atoms in total. The molecule has 0 spiro atoms. The zero-order valence-corrected chi connectivity index (χ0v) is 16.4. The molecule has 0 aliphatic carbocycles. The molecule has 2 N–H and O–H groups in total. The van der Waals surface area contributed by atoms with Crippen molar-refractivity contribution in [2.45, 2.75) is 32.9 Å². The minimum atomic E-state index is -0.848. The number of pyridine rings is 1. The van der Waals surface area contributed by atoms with Gasteiger partial charge in [-0.25, -0.2) is 9.37 Å². The number of carbonyl (C=O) groups excluding carboxylic acids is 1. The molecule has 0 fully saturated rings. The van der Waals surface area contributed by atoms with Crippen LogP contribution in [0.3, 0.4) is 0 Å². The van der Waals surface area contributed by atoms with E-state index in [-0.39, 0.29) is 18.3 Å². The maximum absolute atomic E-state index is 13.5. The molecule has 2 atom stereocenters. The van der Waals surface area contributed by atoms with E-state index in [1.54, 1.807) is 6.92 Å². The summed E-state index contributed by atoms with van der Waals surface area (Å²) in [6, 6.07) is 9.60. The van der Waals surface area contributed by atoms with E-state index in [1.165, 1.54) is 0 Å². The normalized spacial score (nSPS) is 13.0. The summed E-state index contributed by atoms with van der Waals surface area (Å²) in [7, 11) is 0. The number of hydrogen-bond acceptors (Lipinski definition) is 3. The molecule has 3 aromatic rings. The molecule has 1 aromatic carbocycles. The molecule has 0 aliphatic rings. The predicted octanol–water partition coefficient (Wildman–Crippen LogP) is 4.99. The van der Waals surface area contributed by atoms with Gasteiger partial charge in [-0.3, -0.25) is 4.79 Å². The lowest BCUT2D eigenvalue weighted by molar-refractivity contribution is 0.112. The maximum Gasteiger partial charge on any atom is 0.150 e. The Hall–Kier alpha value is -2.40. The van der Waals surface area contributed by atoms with E-state index in [1.807, 2.05) is 49.6 Å². The molecule has 2 heterocycles. The zero-order valence-electron chi connectivity index (χ0n) is 15.5. The summed E-state index contributed by atoms with van der Waals surface area (Å²) in [6.07, 6.45) is 5.14. The molecule has 2 aromatic heterocycles. The lowest BCUT2D eigenvalue weighted by Gasteiger charge is -2.14. The maximum atomic E-state index is 13.5. The molecule has 3 rings (SSSR count). The van der Waals surface area contributed by atoms with E-state index in [0.29, 0.717) is 13.0 Å². The average Bonchev–Trinajstić information content (AvgIpc) is 3.14. The van der Waals surface area contributed by atoms with Crippen LogP contribution in [0.5, 0.6) is 0 Å². The van der Waals surface area contributed by atoms with Crippen LogP contribution in [0.4, 0.5) is 10.2 Å². The number of benzene rings is 1. The summed E-state index contributed by atoms with van der Waals surface area (Å²) in [5.41, 5.74) is 3.72. The van der Waals surface area contributed by atoms with Crippen molar-refractivity contribution < 1.29 is 9.18 Å². The molecular formula is C21H25ClFN3O. The number of fused-ring (bicyclic) bond motifs is 1. The largest absolute Gasteiger partial charge is 0.368 e. The van der Waals surface area contributed by atoms with Gasteiger partial charge in [0.2, 0.25) is 0 Å². The van der Waals surface area contributed by atoms with Gasteiger partial charge in [-0.2, -0.15) is 0 Å². The standard InChI is InChI=1S/C21H24FN3O.ClH/c1-14(15(2)22)11-18-12-25-21(20-19(18)8-10-23-20)24-9-7-16-5-3-4-6-17(16)13-26;/h3-6,8,10,12-15,23H,7,9,11H2,1-2H3,(H,24,25);1H. The fourth-order valence-corrected chi connectivity index (χ4v) is 3.11. The van der Waals surface area contributed by atoms with Gasteiger partial charge in [0.1, 0.15) is 18.3 Å². The van der Waals surface area contributed by atoms with Gasteiger partial charge < -0.3 is 10.3 Å². The highest BCUT2D eigenvalue weighted by Crippen LogP contribution is 2.26. The number of nitrogens with one attached hydrogen (secondary N) is 2. The van der Waals surface area contributed by atoms with Gasteiger partial charge in [0.15, 0.2) is 0 Å². The number of aromatic nitrogens is 2. The fourth-order valence-electron chi connectivity index (χ4n) is 3.11. The zero-order chi connectivity index (χ0) is 18.5. The summed E-state index contributed by atoms with van der Waals surface area (Å²) in [5.74, 6) is 0.729. The smallest absolute Gasteiger partial charge is 0.150 e. The lowest BCUT2D eigenvalue weighted by Crippen LogP contribution is -2.12. The van der Waals surface area contributed by atoms with E-state index in [9.17, 15) is 9.18 Å². The number of halogens is 2. The van der Waals surface area contributed by atoms with Crippen LogP contribution in [0.15, 0.2) is 42.7 Å². The van der Waals surface area contributed by atoms with Crippen molar-refractivity contribution in [2.24, 2.45) is 5.92 Å². The minimum Gasteiger partial charge on any atom is -0.368 e. The van der Waals surface area contributed by atoms with Gasteiger partial charge in [-0.05, 0) is 42.9 Å². The van der Waals surface area contributed by atoms with Gasteiger partial charge in [0, 0.05) is 29.9 Å². The lowest BCUT2D eigenvalue weighted by atomic mass is 9.97. The molecule has 0 radical (unpaired) electrons. The van der Waals surface area contributed by atoms with Crippen LogP contribution in [-0.4, -0.2) is 29.0 Å².